The van der Waals surface area contributed by atoms with E-state index in [2.05, 4.69) is 14.9 Å². The minimum atomic E-state index is 0.314. The molecule has 0 bridgehead atoms. The molecule has 0 radical (unpaired) electrons. The van der Waals surface area contributed by atoms with Crippen LogP contribution in [-0.2, 0) is 4.79 Å². The number of oxazole rings is 1. The van der Waals surface area contributed by atoms with Crippen LogP contribution in [0, 0.1) is 12.8 Å². The summed E-state index contributed by atoms with van der Waals surface area (Å²) in [6, 6.07) is 4.48. The van der Waals surface area contributed by atoms with Crippen molar-refractivity contribution >= 4 is 23.2 Å². The number of aromatic nitrogens is 2. The lowest BCUT2D eigenvalue weighted by molar-refractivity contribution is -0.131. The van der Waals surface area contributed by atoms with Gasteiger partial charge in [0.05, 0.1) is 0 Å². The largest absolute Gasteiger partial charge is 0.422 e. The number of pyridine rings is 1. The molecular weight excluding hydrogens is 328 g/mol. The average Bonchev–Trinajstić information content (AvgIpc) is 3.23. The van der Waals surface area contributed by atoms with Crippen LogP contribution in [0.3, 0.4) is 0 Å². The smallest absolute Gasteiger partial charge is 0.300 e. The van der Waals surface area contributed by atoms with E-state index in [4.69, 9.17) is 4.42 Å². The van der Waals surface area contributed by atoms with Gasteiger partial charge < -0.3 is 14.2 Å². The van der Waals surface area contributed by atoms with Crippen molar-refractivity contribution in [2.45, 2.75) is 51.9 Å². The Balaban J connectivity index is 1.35. The lowest BCUT2D eigenvalue weighted by Gasteiger charge is -2.22. The fourth-order valence-electron chi connectivity index (χ4n) is 4.18. The first-order valence-electron chi connectivity index (χ1n) is 9.96. The second-order valence-corrected chi connectivity index (χ2v) is 7.68. The van der Waals surface area contributed by atoms with Crippen LogP contribution < -0.4 is 4.90 Å². The molecule has 0 unspecified atom stereocenters. The zero-order chi connectivity index (χ0) is 17.9. The maximum atomic E-state index is 12.6. The van der Waals surface area contributed by atoms with Gasteiger partial charge in [-0.15, -0.1) is 0 Å². The monoisotopic (exact) mass is 356 g/mol. The molecule has 1 saturated heterocycles. The molecule has 0 atom stereocenters. The normalized spacial score (nSPS) is 19.3. The molecule has 2 aromatic rings. The molecule has 2 aromatic heterocycles. The second kappa shape index (κ2) is 7.64. The van der Waals surface area contributed by atoms with Gasteiger partial charge in [0, 0.05) is 38.3 Å². The van der Waals surface area contributed by atoms with Gasteiger partial charge in [-0.2, -0.15) is 4.98 Å². The van der Waals surface area contributed by atoms with Gasteiger partial charge in [-0.25, -0.2) is 4.98 Å². The first-order valence-corrected chi connectivity index (χ1v) is 9.96. The van der Waals surface area contributed by atoms with Crippen LogP contribution in [0.5, 0.6) is 0 Å². The first kappa shape index (κ1) is 17.3. The zero-order valence-corrected chi connectivity index (χ0v) is 15.6. The molecule has 0 spiro atoms. The highest BCUT2D eigenvalue weighted by Crippen LogP contribution is 2.29. The Kier molecular flexibility index (Phi) is 5.09. The first-order chi connectivity index (χ1) is 12.7. The Morgan fingerprint density at radius 2 is 1.96 bits per heavy atom. The summed E-state index contributed by atoms with van der Waals surface area (Å²) in [6.45, 7) is 5.15. The molecule has 1 amide bonds. The van der Waals surface area contributed by atoms with E-state index in [1.807, 2.05) is 24.0 Å². The van der Waals surface area contributed by atoms with Crippen molar-refractivity contribution in [3.05, 3.63) is 17.8 Å². The molecule has 26 heavy (non-hydrogen) atoms. The molecule has 1 aliphatic heterocycles. The van der Waals surface area contributed by atoms with Crippen molar-refractivity contribution in [2.75, 3.05) is 31.1 Å². The summed E-state index contributed by atoms with van der Waals surface area (Å²) in [4.78, 5) is 25.7. The van der Waals surface area contributed by atoms with E-state index >= 15 is 0 Å². The lowest BCUT2D eigenvalue weighted by atomic mass is 10.0. The third-order valence-electron chi connectivity index (χ3n) is 5.74. The van der Waals surface area contributed by atoms with Crippen LogP contribution in [0.25, 0.3) is 11.2 Å². The third kappa shape index (κ3) is 3.84. The van der Waals surface area contributed by atoms with Crippen LogP contribution >= 0.6 is 0 Å². The van der Waals surface area contributed by atoms with Crippen LogP contribution in [0.2, 0.25) is 0 Å². The summed E-state index contributed by atoms with van der Waals surface area (Å²) in [5.41, 5.74) is 2.32. The molecule has 0 aromatic carbocycles. The molecule has 1 aliphatic carbocycles. The number of rotatable bonds is 4. The molecule has 3 heterocycles. The van der Waals surface area contributed by atoms with Crippen molar-refractivity contribution in [2.24, 2.45) is 5.92 Å². The molecule has 2 fully saturated rings. The third-order valence-corrected chi connectivity index (χ3v) is 5.74. The fourth-order valence-corrected chi connectivity index (χ4v) is 4.18. The van der Waals surface area contributed by atoms with Crippen molar-refractivity contribution in [3.63, 3.8) is 0 Å². The van der Waals surface area contributed by atoms with Crippen LogP contribution in [0.1, 0.15) is 50.6 Å². The summed E-state index contributed by atoms with van der Waals surface area (Å²) in [6.07, 6.45) is 8.03. The Bertz CT molecular complexity index is 766. The summed E-state index contributed by atoms with van der Waals surface area (Å²) < 4.78 is 5.88. The summed E-state index contributed by atoms with van der Waals surface area (Å²) in [5.74, 6) is 1.09. The molecule has 1 saturated carbocycles. The average molecular weight is 356 g/mol. The van der Waals surface area contributed by atoms with E-state index in [0.29, 0.717) is 24.0 Å². The molecule has 4 rings (SSSR count). The van der Waals surface area contributed by atoms with Crippen LogP contribution in [-0.4, -0.2) is 47.0 Å². The molecule has 0 N–H and O–H groups in total. The minimum absolute atomic E-state index is 0.314. The number of hydrogen-bond donors (Lipinski definition) is 0. The Morgan fingerprint density at radius 3 is 2.81 bits per heavy atom. The number of fused-ring (bicyclic) bond motifs is 1. The quantitative estimate of drug-likeness (QED) is 0.838. The number of hydrogen-bond acceptors (Lipinski definition) is 5. The van der Waals surface area contributed by atoms with E-state index in [1.165, 1.54) is 25.7 Å². The van der Waals surface area contributed by atoms with Gasteiger partial charge in [-0.1, -0.05) is 25.7 Å². The van der Waals surface area contributed by atoms with Crippen molar-refractivity contribution in [1.29, 1.82) is 0 Å². The van der Waals surface area contributed by atoms with Gasteiger partial charge in [0.2, 0.25) is 11.6 Å². The summed E-state index contributed by atoms with van der Waals surface area (Å²) >= 11 is 0. The highest BCUT2D eigenvalue weighted by Gasteiger charge is 2.23. The molecular formula is C20H28N4O2. The van der Waals surface area contributed by atoms with Gasteiger partial charge in [-0.05, 0) is 37.8 Å². The summed E-state index contributed by atoms with van der Waals surface area (Å²) in [5, 5.41) is 0. The van der Waals surface area contributed by atoms with Gasteiger partial charge >= 0.3 is 0 Å². The van der Waals surface area contributed by atoms with Gasteiger partial charge in [-0.3, -0.25) is 4.79 Å². The molecule has 6 heteroatoms. The van der Waals surface area contributed by atoms with Crippen LogP contribution in [0.15, 0.2) is 16.5 Å². The lowest BCUT2D eigenvalue weighted by Crippen LogP contribution is -2.35. The van der Waals surface area contributed by atoms with Gasteiger partial charge in [0.15, 0.2) is 5.58 Å². The highest BCUT2D eigenvalue weighted by molar-refractivity contribution is 5.76. The zero-order valence-electron chi connectivity index (χ0n) is 15.6. The second-order valence-electron chi connectivity index (χ2n) is 7.68. The Hall–Kier alpha value is -2.11. The SMILES string of the molecule is Cc1ccc2oc(N3CCCN(C(=O)CCC4CCCC4)CC3)nc2n1. The predicted octanol–water partition coefficient (Wildman–Crippen LogP) is 3.54. The van der Waals surface area contributed by atoms with E-state index in [1.54, 1.807) is 0 Å². The van der Waals surface area contributed by atoms with E-state index < -0.39 is 0 Å². The maximum absolute atomic E-state index is 12.6. The maximum Gasteiger partial charge on any atom is 0.300 e. The number of carbonyl (C=O) groups excluding carboxylic acids is 1. The standard InChI is InChI=1S/C20H28N4O2/c1-15-7-9-17-19(21-15)22-20(26-17)24-12-4-11-23(13-14-24)18(25)10-8-16-5-2-3-6-16/h7,9,16H,2-6,8,10-14H2,1H3. The topological polar surface area (TPSA) is 62.5 Å². The van der Waals surface area contributed by atoms with Crippen molar-refractivity contribution in [1.82, 2.24) is 14.9 Å². The Labute approximate surface area is 154 Å². The Morgan fingerprint density at radius 1 is 1.12 bits per heavy atom. The highest BCUT2D eigenvalue weighted by atomic mass is 16.4. The predicted molar refractivity (Wildman–Crippen MR) is 101 cm³/mol. The number of nitrogens with zero attached hydrogens (tertiary/aromatic N) is 4. The number of aryl methyl sites for hydroxylation is 1. The van der Waals surface area contributed by atoms with Crippen molar-refractivity contribution < 1.29 is 9.21 Å². The molecule has 140 valence electrons. The van der Waals surface area contributed by atoms with E-state index in [9.17, 15) is 4.79 Å². The number of anilines is 1. The van der Waals surface area contributed by atoms with E-state index in [0.717, 1.165) is 56.2 Å². The minimum Gasteiger partial charge on any atom is -0.422 e. The van der Waals surface area contributed by atoms with Crippen LogP contribution in [0.4, 0.5) is 6.01 Å². The van der Waals surface area contributed by atoms with Gasteiger partial charge in [0.25, 0.3) is 6.01 Å². The van der Waals surface area contributed by atoms with E-state index in [-0.39, 0.29) is 0 Å². The molecule has 6 nitrogen and oxygen atoms in total. The number of amides is 1. The van der Waals surface area contributed by atoms with Gasteiger partial charge in [0.1, 0.15) is 0 Å². The van der Waals surface area contributed by atoms with Crippen molar-refractivity contribution in [3.8, 4) is 0 Å². The molecule has 2 aliphatic rings. The number of carbonyl (C=O) groups is 1. The summed E-state index contributed by atoms with van der Waals surface area (Å²) in [7, 11) is 0. The fraction of sp³-hybridized carbons (Fsp3) is 0.650.